The Morgan fingerprint density at radius 3 is 2.62 bits per heavy atom. The minimum atomic E-state index is -0.824. The summed E-state index contributed by atoms with van der Waals surface area (Å²) in [6.45, 7) is 1.98. The molecular weight excluding hydrogens is 515 g/mol. The van der Waals surface area contributed by atoms with Crippen LogP contribution in [0.5, 0.6) is 5.75 Å². The van der Waals surface area contributed by atoms with Crippen LogP contribution in [0.15, 0.2) is 86.5 Å². The molecule has 37 heavy (non-hydrogen) atoms. The van der Waals surface area contributed by atoms with E-state index in [1.54, 1.807) is 49.4 Å². The number of aryl methyl sites for hydroxylation is 1. The number of amides is 1. The zero-order chi connectivity index (χ0) is 25.7. The van der Waals surface area contributed by atoms with Crippen molar-refractivity contribution in [2.75, 3.05) is 4.90 Å². The molecule has 1 aliphatic rings. The molecule has 0 radical (unpaired) electrons. The Morgan fingerprint density at radius 1 is 1.00 bits per heavy atom. The molecule has 1 amide bonds. The summed E-state index contributed by atoms with van der Waals surface area (Å²) < 4.78 is 17.2. The second-order valence-electron chi connectivity index (χ2n) is 8.64. The fraction of sp³-hybridized carbons (Fsp3) is 0.107. The Morgan fingerprint density at radius 2 is 1.84 bits per heavy atom. The number of nitrogens with zero attached hydrogens (tertiary/aromatic N) is 2. The third kappa shape index (κ3) is 4.06. The van der Waals surface area contributed by atoms with Gasteiger partial charge in [-0.2, -0.15) is 0 Å². The Hall–Kier alpha value is -4.07. The summed E-state index contributed by atoms with van der Waals surface area (Å²) in [5.41, 5.74) is 1.60. The van der Waals surface area contributed by atoms with E-state index in [4.69, 9.17) is 36.9 Å². The summed E-state index contributed by atoms with van der Waals surface area (Å²) in [6.07, 6.45) is 0. The molecule has 1 aliphatic heterocycles. The van der Waals surface area contributed by atoms with Gasteiger partial charge in [0.05, 0.1) is 17.0 Å². The van der Waals surface area contributed by atoms with Gasteiger partial charge in [0.2, 0.25) is 5.76 Å². The first-order valence-corrected chi connectivity index (χ1v) is 12.2. The molecule has 2 aromatic heterocycles. The number of fused-ring (bicyclic) bond motifs is 2. The number of halogens is 2. The number of hydrogen-bond donors (Lipinski definition) is 0. The number of ether oxygens (including phenoxy) is 1. The third-order valence-electron chi connectivity index (χ3n) is 6.22. The molecule has 6 rings (SSSR count). The van der Waals surface area contributed by atoms with Crippen LogP contribution < -0.4 is 15.1 Å². The number of benzene rings is 3. The molecule has 0 saturated carbocycles. The molecule has 184 valence electrons. The smallest absolute Gasteiger partial charge is 0.296 e. The molecule has 1 atom stereocenters. The Bertz CT molecular complexity index is 1740. The summed E-state index contributed by atoms with van der Waals surface area (Å²) in [5, 5.41) is 5.32. The highest BCUT2D eigenvalue weighted by molar-refractivity contribution is 6.31. The van der Waals surface area contributed by atoms with E-state index in [1.807, 2.05) is 24.3 Å². The van der Waals surface area contributed by atoms with Crippen molar-refractivity contribution in [1.82, 2.24) is 5.16 Å². The second kappa shape index (κ2) is 9.10. The Balaban J connectivity index is 1.48. The van der Waals surface area contributed by atoms with Gasteiger partial charge < -0.3 is 13.7 Å². The van der Waals surface area contributed by atoms with Crippen molar-refractivity contribution >= 4 is 45.9 Å². The number of carbonyl (C=O) groups excluding carboxylic acids is 1. The average molecular weight is 533 g/mol. The molecule has 7 nitrogen and oxygen atoms in total. The molecule has 0 saturated heterocycles. The molecule has 1 unspecified atom stereocenters. The number of aromatic nitrogens is 1. The van der Waals surface area contributed by atoms with Crippen LogP contribution in [0, 0.1) is 6.92 Å². The van der Waals surface area contributed by atoms with E-state index in [1.165, 1.54) is 11.0 Å². The lowest BCUT2D eigenvalue weighted by Crippen LogP contribution is -2.29. The quantitative estimate of drug-likeness (QED) is 0.249. The average Bonchev–Trinajstić information content (AvgIpc) is 3.45. The van der Waals surface area contributed by atoms with Gasteiger partial charge in [0.1, 0.15) is 23.7 Å². The maximum atomic E-state index is 13.7. The zero-order valence-corrected chi connectivity index (χ0v) is 20.9. The molecule has 0 bridgehead atoms. The minimum Gasteiger partial charge on any atom is -0.489 e. The van der Waals surface area contributed by atoms with Gasteiger partial charge in [-0.25, -0.2) is 0 Å². The lowest BCUT2D eigenvalue weighted by Gasteiger charge is -2.23. The first-order chi connectivity index (χ1) is 17.9. The summed E-state index contributed by atoms with van der Waals surface area (Å²) in [6, 6.07) is 20.1. The minimum absolute atomic E-state index is 0.0483. The van der Waals surface area contributed by atoms with Gasteiger partial charge in [0, 0.05) is 21.7 Å². The van der Waals surface area contributed by atoms with Gasteiger partial charge in [0.15, 0.2) is 11.2 Å². The Kier molecular flexibility index (Phi) is 5.74. The lowest BCUT2D eigenvalue weighted by atomic mass is 9.98. The standard InChI is InChI=1S/C28H18Cl2N2O5/c1-15-11-23(31-37-15)32-25(16-6-4-7-19(12-16)35-14-17-5-2-3-8-21(17)30)24-26(33)20-13-18(29)9-10-22(20)36-27(24)28(32)34/h2-13,25H,14H2,1H3. The van der Waals surface area contributed by atoms with Crippen molar-refractivity contribution in [1.29, 1.82) is 0 Å². The monoisotopic (exact) mass is 532 g/mol. The lowest BCUT2D eigenvalue weighted by molar-refractivity contribution is 0.0969. The highest BCUT2D eigenvalue weighted by Crippen LogP contribution is 2.41. The predicted molar refractivity (Wildman–Crippen MR) is 140 cm³/mol. The van der Waals surface area contributed by atoms with Crippen LogP contribution in [0.25, 0.3) is 11.0 Å². The van der Waals surface area contributed by atoms with Crippen LogP contribution in [-0.2, 0) is 6.61 Å². The normalized spacial score (nSPS) is 14.8. The van der Waals surface area contributed by atoms with Crippen molar-refractivity contribution < 1.29 is 18.5 Å². The molecule has 0 spiro atoms. The first-order valence-electron chi connectivity index (χ1n) is 11.4. The molecule has 0 aliphatic carbocycles. The molecule has 3 aromatic carbocycles. The van der Waals surface area contributed by atoms with Crippen LogP contribution in [0.2, 0.25) is 10.0 Å². The summed E-state index contributed by atoms with van der Waals surface area (Å²) in [5.74, 6) is 0.786. The largest absolute Gasteiger partial charge is 0.489 e. The van der Waals surface area contributed by atoms with Gasteiger partial charge in [0.25, 0.3) is 5.91 Å². The zero-order valence-electron chi connectivity index (χ0n) is 19.4. The predicted octanol–water partition coefficient (Wildman–Crippen LogP) is 6.73. The summed E-state index contributed by atoms with van der Waals surface area (Å²) in [7, 11) is 0. The molecule has 5 aromatic rings. The number of carbonyl (C=O) groups is 1. The van der Waals surface area contributed by atoms with Gasteiger partial charge >= 0.3 is 0 Å². The van der Waals surface area contributed by atoms with E-state index in [0.717, 1.165) is 5.56 Å². The van der Waals surface area contributed by atoms with Crippen LogP contribution in [0.4, 0.5) is 5.82 Å². The number of rotatable bonds is 5. The highest BCUT2D eigenvalue weighted by atomic mass is 35.5. The van der Waals surface area contributed by atoms with Crippen LogP contribution >= 0.6 is 23.2 Å². The SMILES string of the molecule is Cc1cc(N2C(=O)c3oc4ccc(Cl)cc4c(=O)c3C2c2cccc(OCc3ccccc3Cl)c2)no1. The Labute approximate surface area is 220 Å². The van der Waals surface area contributed by atoms with Crippen molar-refractivity contribution in [3.05, 3.63) is 121 Å². The van der Waals surface area contributed by atoms with Crippen molar-refractivity contribution in [3.63, 3.8) is 0 Å². The van der Waals surface area contributed by atoms with Crippen molar-refractivity contribution in [2.45, 2.75) is 19.6 Å². The van der Waals surface area contributed by atoms with Crippen molar-refractivity contribution in [2.24, 2.45) is 0 Å². The fourth-order valence-corrected chi connectivity index (χ4v) is 4.88. The summed E-state index contributed by atoms with van der Waals surface area (Å²) in [4.78, 5) is 28.8. The van der Waals surface area contributed by atoms with E-state index in [9.17, 15) is 9.59 Å². The molecule has 9 heteroatoms. The van der Waals surface area contributed by atoms with Gasteiger partial charge in [-0.15, -0.1) is 0 Å². The maximum absolute atomic E-state index is 13.7. The van der Waals surface area contributed by atoms with Crippen LogP contribution in [0.3, 0.4) is 0 Å². The topological polar surface area (TPSA) is 85.8 Å². The van der Waals surface area contributed by atoms with Crippen LogP contribution in [-0.4, -0.2) is 11.1 Å². The molecule has 3 heterocycles. The van der Waals surface area contributed by atoms with Crippen LogP contribution in [0.1, 0.15) is 39.0 Å². The highest BCUT2D eigenvalue weighted by Gasteiger charge is 2.45. The van der Waals surface area contributed by atoms with Gasteiger partial charge in [-0.3, -0.25) is 14.5 Å². The number of anilines is 1. The van der Waals surface area contributed by atoms with Gasteiger partial charge in [-0.1, -0.05) is 58.7 Å². The molecule has 0 fully saturated rings. The van der Waals surface area contributed by atoms with Crippen molar-refractivity contribution in [3.8, 4) is 5.75 Å². The third-order valence-corrected chi connectivity index (χ3v) is 6.82. The first kappa shape index (κ1) is 23.3. The number of hydrogen-bond acceptors (Lipinski definition) is 6. The van der Waals surface area contributed by atoms with Gasteiger partial charge in [-0.05, 0) is 48.9 Å². The maximum Gasteiger partial charge on any atom is 0.296 e. The van der Waals surface area contributed by atoms with E-state index < -0.39 is 11.9 Å². The van der Waals surface area contributed by atoms with E-state index in [2.05, 4.69) is 5.16 Å². The molecule has 0 N–H and O–H groups in total. The van der Waals surface area contributed by atoms with E-state index in [-0.39, 0.29) is 40.1 Å². The summed E-state index contributed by atoms with van der Waals surface area (Å²) >= 11 is 12.4. The molecular formula is C28H18Cl2N2O5. The fourth-order valence-electron chi connectivity index (χ4n) is 4.51. The second-order valence-corrected chi connectivity index (χ2v) is 9.48. The van der Waals surface area contributed by atoms with E-state index >= 15 is 0 Å². The van der Waals surface area contributed by atoms with E-state index in [0.29, 0.717) is 27.1 Å².